The summed E-state index contributed by atoms with van der Waals surface area (Å²) in [5.74, 6) is -0.162. The van der Waals surface area contributed by atoms with E-state index in [4.69, 9.17) is 11.6 Å². The van der Waals surface area contributed by atoms with Crippen LogP contribution in [-0.4, -0.2) is 35.6 Å². The highest BCUT2D eigenvalue weighted by Gasteiger charge is 2.29. The summed E-state index contributed by atoms with van der Waals surface area (Å²) in [6.07, 6.45) is 0.211. The summed E-state index contributed by atoms with van der Waals surface area (Å²) >= 11 is 7.30. The molecule has 1 N–H and O–H groups in total. The average Bonchev–Trinajstić information content (AvgIpc) is 2.38. The lowest BCUT2D eigenvalue weighted by molar-refractivity contribution is -0.131. The molecule has 1 aliphatic heterocycles. The van der Waals surface area contributed by atoms with Crippen molar-refractivity contribution in [3.05, 3.63) is 23.2 Å². The van der Waals surface area contributed by atoms with Crippen LogP contribution < -0.4 is 5.32 Å². The summed E-state index contributed by atoms with van der Waals surface area (Å²) in [6, 6.07) is 5.36. The van der Waals surface area contributed by atoms with Crippen LogP contribution in [0, 0.1) is 0 Å². The quantitative estimate of drug-likeness (QED) is 0.933. The maximum absolute atomic E-state index is 12.0. The molecule has 1 aliphatic rings. The van der Waals surface area contributed by atoms with Crippen LogP contribution in [-0.2, 0) is 9.59 Å². The van der Waals surface area contributed by atoms with Crippen LogP contribution in [0.25, 0.3) is 0 Å². The maximum atomic E-state index is 12.0. The van der Waals surface area contributed by atoms with Gasteiger partial charge in [0.25, 0.3) is 0 Å². The Morgan fingerprint density at radius 1 is 1.53 bits per heavy atom. The molecule has 19 heavy (non-hydrogen) atoms. The summed E-state index contributed by atoms with van der Waals surface area (Å²) < 4.78 is 0. The lowest BCUT2D eigenvalue weighted by Gasteiger charge is -2.25. The molecule has 2 rings (SSSR count). The van der Waals surface area contributed by atoms with E-state index in [1.165, 1.54) is 11.8 Å². The molecule has 102 valence electrons. The molecule has 6 heteroatoms. The number of amides is 2. The van der Waals surface area contributed by atoms with Crippen molar-refractivity contribution in [2.24, 2.45) is 0 Å². The highest BCUT2D eigenvalue weighted by atomic mass is 35.5. The predicted octanol–water partition coefficient (Wildman–Crippen LogP) is 2.62. The number of nitrogens with zero attached hydrogens (tertiary/aromatic N) is 1. The first-order valence-corrected chi connectivity index (χ1v) is 7.28. The number of fused-ring (bicyclic) bond motifs is 1. The van der Waals surface area contributed by atoms with Gasteiger partial charge in [-0.1, -0.05) is 11.6 Å². The zero-order chi connectivity index (χ0) is 14.0. The first kappa shape index (κ1) is 14.2. The molecule has 0 aromatic heterocycles. The Morgan fingerprint density at radius 3 is 2.95 bits per heavy atom. The number of carbonyl (C=O) groups is 2. The van der Waals surface area contributed by atoms with E-state index >= 15 is 0 Å². The van der Waals surface area contributed by atoms with Crippen molar-refractivity contribution >= 4 is 40.9 Å². The second-order valence-corrected chi connectivity index (χ2v) is 6.03. The van der Waals surface area contributed by atoms with Crippen LogP contribution in [0.15, 0.2) is 23.1 Å². The molecule has 1 heterocycles. The fraction of sp³-hybridized carbons (Fsp3) is 0.385. The van der Waals surface area contributed by atoms with Gasteiger partial charge >= 0.3 is 0 Å². The zero-order valence-corrected chi connectivity index (χ0v) is 12.3. The third kappa shape index (κ3) is 3.22. The molecule has 2 amide bonds. The van der Waals surface area contributed by atoms with Gasteiger partial charge < -0.3 is 10.2 Å². The van der Waals surface area contributed by atoms with Gasteiger partial charge in [0.05, 0.1) is 10.9 Å². The molecule has 0 saturated heterocycles. The van der Waals surface area contributed by atoms with E-state index in [1.54, 1.807) is 24.1 Å². The number of thioether (sulfide) groups is 1. The summed E-state index contributed by atoms with van der Waals surface area (Å²) in [7, 11) is 1.74. The van der Waals surface area contributed by atoms with Crippen LogP contribution in [0.4, 0.5) is 5.69 Å². The minimum Gasteiger partial charge on any atom is -0.346 e. The summed E-state index contributed by atoms with van der Waals surface area (Å²) in [5, 5.41) is 3.00. The van der Waals surface area contributed by atoms with Gasteiger partial charge in [-0.15, -0.1) is 11.8 Å². The number of halogens is 1. The molecule has 0 bridgehead atoms. The monoisotopic (exact) mass is 298 g/mol. The molecule has 4 nitrogen and oxygen atoms in total. The van der Waals surface area contributed by atoms with E-state index in [-0.39, 0.29) is 23.5 Å². The lowest BCUT2D eigenvalue weighted by atomic mass is 10.2. The molecule has 0 spiro atoms. The Bertz CT molecular complexity index is 521. The Hall–Kier alpha value is -1.20. The van der Waals surface area contributed by atoms with E-state index in [0.717, 1.165) is 10.6 Å². The van der Waals surface area contributed by atoms with E-state index in [1.807, 2.05) is 13.0 Å². The second kappa shape index (κ2) is 5.84. The third-order valence-electron chi connectivity index (χ3n) is 3.02. The molecular formula is C13H15ClN2O2S. The number of rotatable bonds is 3. The predicted molar refractivity (Wildman–Crippen MR) is 77.7 cm³/mol. The first-order valence-electron chi connectivity index (χ1n) is 6.02. The molecule has 1 unspecified atom stereocenters. The SMILES string of the molecule is CCN(C)C(=O)CC1Sc2ccc(Cl)cc2NC1=O. The maximum Gasteiger partial charge on any atom is 0.238 e. The third-order valence-corrected chi connectivity index (χ3v) is 4.53. The zero-order valence-electron chi connectivity index (χ0n) is 10.8. The molecule has 1 aromatic carbocycles. The fourth-order valence-electron chi connectivity index (χ4n) is 1.75. The van der Waals surface area contributed by atoms with Gasteiger partial charge in [0.2, 0.25) is 11.8 Å². The highest BCUT2D eigenvalue weighted by molar-refractivity contribution is 8.01. The van der Waals surface area contributed by atoms with Crippen molar-refractivity contribution < 1.29 is 9.59 Å². The Balaban J connectivity index is 2.11. The van der Waals surface area contributed by atoms with Gasteiger partial charge in [-0.25, -0.2) is 0 Å². The van der Waals surface area contributed by atoms with E-state index < -0.39 is 0 Å². The first-order chi connectivity index (χ1) is 9.01. The van der Waals surface area contributed by atoms with Crippen molar-refractivity contribution in [1.82, 2.24) is 4.90 Å². The van der Waals surface area contributed by atoms with Crippen LogP contribution >= 0.6 is 23.4 Å². The van der Waals surface area contributed by atoms with Crippen molar-refractivity contribution in [2.45, 2.75) is 23.5 Å². The number of carbonyl (C=O) groups excluding carboxylic acids is 2. The molecule has 0 aliphatic carbocycles. The van der Waals surface area contributed by atoms with Crippen LogP contribution in [0.1, 0.15) is 13.3 Å². The molecule has 0 radical (unpaired) electrons. The lowest BCUT2D eigenvalue weighted by Crippen LogP contribution is -2.35. The molecular weight excluding hydrogens is 284 g/mol. The van der Waals surface area contributed by atoms with Crippen molar-refractivity contribution in [2.75, 3.05) is 18.9 Å². The van der Waals surface area contributed by atoms with E-state index in [2.05, 4.69) is 5.32 Å². The Kier molecular flexibility index (Phi) is 4.37. The van der Waals surface area contributed by atoms with Crippen molar-refractivity contribution in [3.8, 4) is 0 Å². The standard InChI is InChI=1S/C13H15ClN2O2S/c1-3-16(2)12(17)7-11-13(18)15-9-6-8(14)4-5-10(9)19-11/h4-6,11H,3,7H2,1-2H3,(H,15,18). The van der Waals surface area contributed by atoms with Gasteiger partial charge in [0.15, 0.2) is 0 Å². The van der Waals surface area contributed by atoms with Crippen molar-refractivity contribution in [3.63, 3.8) is 0 Å². The van der Waals surface area contributed by atoms with E-state index in [9.17, 15) is 9.59 Å². The second-order valence-electron chi connectivity index (χ2n) is 4.35. The minimum absolute atomic E-state index is 0.0208. The Labute approximate surface area is 121 Å². The topological polar surface area (TPSA) is 49.4 Å². The van der Waals surface area contributed by atoms with Crippen LogP contribution in [0.2, 0.25) is 5.02 Å². The minimum atomic E-state index is -0.379. The number of hydrogen-bond donors (Lipinski definition) is 1. The average molecular weight is 299 g/mol. The number of anilines is 1. The molecule has 0 fully saturated rings. The largest absolute Gasteiger partial charge is 0.346 e. The van der Waals surface area contributed by atoms with Gasteiger partial charge in [-0.3, -0.25) is 9.59 Å². The summed E-state index contributed by atoms with van der Waals surface area (Å²) in [5.41, 5.74) is 0.718. The van der Waals surface area contributed by atoms with Crippen LogP contribution in [0.3, 0.4) is 0 Å². The van der Waals surface area contributed by atoms with Gasteiger partial charge in [0.1, 0.15) is 0 Å². The summed E-state index contributed by atoms with van der Waals surface area (Å²) in [6.45, 7) is 2.55. The van der Waals surface area contributed by atoms with Crippen molar-refractivity contribution in [1.29, 1.82) is 0 Å². The number of benzene rings is 1. The van der Waals surface area contributed by atoms with Gasteiger partial charge in [0, 0.05) is 29.9 Å². The molecule has 1 aromatic rings. The number of hydrogen-bond acceptors (Lipinski definition) is 3. The van der Waals surface area contributed by atoms with E-state index in [0.29, 0.717) is 11.6 Å². The van der Waals surface area contributed by atoms with Gasteiger partial charge in [-0.05, 0) is 25.1 Å². The van der Waals surface area contributed by atoms with Gasteiger partial charge in [-0.2, -0.15) is 0 Å². The highest BCUT2D eigenvalue weighted by Crippen LogP contribution is 2.38. The fourth-order valence-corrected chi connectivity index (χ4v) is 3.00. The van der Waals surface area contributed by atoms with Crippen LogP contribution in [0.5, 0.6) is 0 Å². The molecule has 0 saturated carbocycles. The normalized spacial score (nSPS) is 17.6. The Morgan fingerprint density at radius 2 is 2.26 bits per heavy atom. The number of nitrogens with one attached hydrogen (secondary N) is 1. The summed E-state index contributed by atoms with van der Waals surface area (Å²) in [4.78, 5) is 26.4. The molecule has 1 atom stereocenters. The smallest absolute Gasteiger partial charge is 0.238 e.